The predicted octanol–water partition coefficient (Wildman–Crippen LogP) is 4.28. The van der Waals surface area contributed by atoms with Crippen molar-refractivity contribution in [1.82, 2.24) is 24.6 Å². The molecule has 0 radical (unpaired) electrons. The molecule has 0 aliphatic carbocycles. The molecule has 190 valence electrons. The van der Waals surface area contributed by atoms with Crippen LogP contribution in [0.2, 0.25) is 0 Å². The monoisotopic (exact) mass is 507 g/mol. The molecule has 0 bridgehead atoms. The van der Waals surface area contributed by atoms with E-state index in [1.807, 2.05) is 82.8 Å². The minimum atomic E-state index is 0.0592. The first-order valence-electron chi connectivity index (χ1n) is 12.4. The summed E-state index contributed by atoms with van der Waals surface area (Å²) in [6.45, 7) is 5.71. The molecule has 8 nitrogen and oxygen atoms in total. The molecule has 4 rings (SSSR count). The van der Waals surface area contributed by atoms with Gasteiger partial charge in [-0.15, -0.1) is 10.2 Å². The Balaban J connectivity index is 1.39. The second-order valence-corrected chi connectivity index (χ2v) is 9.85. The molecule has 2 aromatic carbocycles. The standard InChI is InChI=1S/C27H33N5O3S/c1-4-24(33)31-16-15-30(19-20(31)2)25(34)14-9-17-36-27-29-28-26(21-10-8-13-23(18-21)35-3)32(27)22-11-6-5-7-12-22/h5-8,10-13,18,20H,4,9,14-17,19H2,1-3H3. The van der Waals surface area contributed by atoms with E-state index in [0.29, 0.717) is 32.5 Å². The molecule has 1 atom stereocenters. The van der Waals surface area contributed by atoms with Crippen LogP contribution in [0.15, 0.2) is 59.8 Å². The van der Waals surface area contributed by atoms with Gasteiger partial charge in [0, 0.05) is 55.5 Å². The topological polar surface area (TPSA) is 80.6 Å². The van der Waals surface area contributed by atoms with Crippen molar-refractivity contribution in [3.05, 3.63) is 54.6 Å². The number of aromatic nitrogens is 3. The molecule has 1 unspecified atom stereocenters. The van der Waals surface area contributed by atoms with Crippen molar-refractivity contribution in [2.75, 3.05) is 32.5 Å². The number of benzene rings is 2. The molecule has 36 heavy (non-hydrogen) atoms. The number of methoxy groups -OCH3 is 1. The molecule has 9 heteroatoms. The van der Waals surface area contributed by atoms with Gasteiger partial charge in [-0.05, 0) is 37.6 Å². The fourth-order valence-electron chi connectivity index (χ4n) is 4.43. The van der Waals surface area contributed by atoms with E-state index in [9.17, 15) is 9.59 Å². The van der Waals surface area contributed by atoms with Crippen LogP contribution in [0.25, 0.3) is 17.1 Å². The van der Waals surface area contributed by atoms with Crippen molar-refractivity contribution in [3.8, 4) is 22.8 Å². The van der Waals surface area contributed by atoms with Crippen LogP contribution in [0.1, 0.15) is 33.1 Å². The Bertz CT molecular complexity index is 1180. The van der Waals surface area contributed by atoms with E-state index in [4.69, 9.17) is 4.74 Å². The highest BCUT2D eigenvalue weighted by Crippen LogP contribution is 2.30. The normalized spacial score (nSPS) is 15.7. The van der Waals surface area contributed by atoms with Gasteiger partial charge in [-0.25, -0.2) is 0 Å². The Morgan fingerprint density at radius 1 is 1.06 bits per heavy atom. The molecule has 1 saturated heterocycles. The first-order valence-corrected chi connectivity index (χ1v) is 13.4. The van der Waals surface area contributed by atoms with E-state index in [1.165, 1.54) is 0 Å². The molecule has 0 spiro atoms. The van der Waals surface area contributed by atoms with Gasteiger partial charge in [0.15, 0.2) is 11.0 Å². The molecule has 1 aromatic heterocycles. The van der Waals surface area contributed by atoms with Gasteiger partial charge < -0.3 is 14.5 Å². The smallest absolute Gasteiger partial charge is 0.222 e. The van der Waals surface area contributed by atoms with E-state index >= 15 is 0 Å². The van der Waals surface area contributed by atoms with Gasteiger partial charge in [-0.3, -0.25) is 14.2 Å². The predicted molar refractivity (Wildman–Crippen MR) is 141 cm³/mol. The average molecular weight is 508 g/mol. The number of rotatable bonds is 9. The highest BCUT2D eigenvalue weighted by Gasteiger charge is 2.28. The molecule has 0 saturated carbocycles. The Labute approximate surface area is 216 Å². The molecular weight excluding hydrogens is 474 g/mol. The number of nitrogens with zero attached hydrogens (tertiary/aromatic N) is 5. The number of ether oxygens (including phenoxy) is 1. The van der Waals surface area contributed by atoms with Gasteiger partial charge >= 0.3 is 0 Å². The summed E-state index contributed by atoms with van der Waals surface area (Å²) in [7, 11) is 1.65. The third-order valence-electron chi connectivity index (χ3n) is 6.34. The zero-order valence-corrected chi connectivity index (χ0v) is 21.9. The van der Waals surface area contributed by atoms with Gasteiger partial charge in [0.25, 0.3) is 0 Å². The number of carbonyl (C=O) groups excluding carboxylic acids is 2. The van der Waals surface area contributed by atoms with Crippen LogP contribution in [-0.4, -0.2) is 74.9 Å². The van der Waals surface area contributed by atoms with Crippen LogP contribution < -0.4 is 4.74 Å². The summed E-state index contributed by atoms with van der Waals surface area (Å²) in [6.07, 6.45) is 1.72. The Hall–Kier alpha value is -3.33. The van der Waals surface area contributed by atoms with Gasteiger partial charge in [-0.2, -0.15) is 0 Å². The van der Waals surface area contributed by atoms with E-state index in [0.717, 1.165) is 40.2 Å². The lowest BCUT2D eigenvalue weighted by molar-refractivity contribution is -0.142. The number of carbonyl (C=O) groups is 2. The molecule has 1 fully saturated rings. The highest BCUT2D eigenvalue weighted by molar-refractivity contribution is 7.99. The maximum atomic E-state index is 12.8. The minimum absolute atomic E-state index is 0.0592. The Morgan fingerprint density at radius 3 is 2.58 bits per heavy atom. The van der Waals surface area contributed by atoms with Crippen molar-refractivity contribution >= 4 is 23.6 Å². The summed E-state index contributed by atoms with van der Waals surface area (Å²) in [6, 6.07) is 17.9. The molecule has 1 aliphatic rings. The zero-order chi connectivity index (χ0) is 25.5. The number of thioether (sulfide) groups is 1. The van der Waals surface area contributed by atoms with E-state index in [-0.39, 0.29) is 17.9 Å². The van der Waals surface area contributed by atoms with Gasteiger partial charge in [0.05, 0.1) is 7.11 Å². The highest BCUT2D eigenvalue weighted by atomic mass is 32.2. The first kappa shape index (κ1) is 25.8. The number of hydrogen-bond donors (Lipinski definition) is 0. The summed E-state index contributed by atoms with van der Waals surface area (Å²) in [4.78, 5) is 28.6. The van der Waals surface area contributed by atoms with E-state index in [2.05, 4.69) is 10.2 Å². The maximum Gasteiger partial charge on any atom is 0.222 e. The van der Waals surface area contributed by atoms with Crippen molar-refractivity contribution in [3.63, 3.8) is 0 Å². The number of amides is 2. The quantitative estimate of drug-likeness (QED) is 0.318. The van der Waals surface area contributed by atoms with Crippen molar-refractivity contribution in [2.24, 2.45) is 0 Å². The second-order valence-electron chi connectivity index (χ2n) is 8.79. The van der Waals surface area contributed by atoms with Crippen LogP contribution in [0.5, 0.6) is 5.75 Å². The minimum Gasteiger partial charge on any atom is -0.497 e. The largest absolute Gasteiger partial charge is 0.497 e. The summed E-state index contributed by atoms with van der Waals surface area (Å²) in [5, 5.41) is 9.75. The summed E-state index contributed by atoms with van der Waals surface area (Å²) in [5.74, 6) is 2.55. The van der Waals surface area contributed by atoms with Gasteiger partial charge in [-0.1, -0.05) is 49.0 Å². The summed E-state index contributed by atoms with van der Waals surface area (Å²) in [5.41, 5.74) is 1.90. The molecule has 0 N–H and O–H groups in total. The zero-order valence-electron chi connectivity index (χ0n) is 21.1. The lowest BCUT2D eigenvalue weighted by Crippen LogP contribution is -2.55. The SMILES string of the molecule is CCC(=O)N1CCN(C(=O)CCCSc2nnc(-c3cccc(OC)c3)n2-c2ccccc2)CC1C. The van der Waals surface area contributed by atoms with Crippen LogP contribution >= 0.6 is 11.8 Å². The third kappa shape index (κ3) is 5.90. The summed E-state index contributed by atoms with van der Waals surface area (Å²) < 4.78 is 7.44. The van der Waals surface area contributed by atoms with Crippen molar-refractivity contribution in [1.29, 1.82) is 0 Å². The number of para-hydroxylation sites is 1. The Morgan fingerprint density at radius 2 is 1.86 bits per heavy atom. The third-order valence-corrected chi connectivity index (χ3v) is 7.36. The molecular formula is C27H33N5O3S. The second kappa shape index (κ2) is 12.1. The fourth-order valence-corrected chi connectivity index (χ4v) is 5.32. The lowest BCUT2D eigenvalue weighted by atomic mass is 10.1. The average Bonchev–Trinajstić information content (AvgIpc) is 3.35. The maximum absolute atomic E-state index is 12.8. The van der Waals surface area contributed by atoms with Crippen LogP contribution in [0.4, 0.5) is 0 Å². The molecule has 2 amide bonds. The van der Waals surface area contributed by atoms with Gasteiger partial charge in [0.1, 0.15) is 5.75 Å². The van der Waals surface area contributed by atoms with Crippen molar-refractivity contribution in [2.45, 2.75) is 44.3 Å². The van der Waals surface area contributed by atoms with E-state index < -0.39 is 0 Å². The van der Waals surface area contributed by atoms with E-state index in [1.54, 1.807) is 18.9 Å². The molecule has 1 aliphatic heterocycles. The van der Waals surface area contributed by atoms with Crippen molar-refractivity contribution < 1.29 is 14.3 Å². The number of hydrogen-bond acceptors (Lipinski definition) is 6. The molecule has 3 aromatic rings. The first-order chi connectivity index (χ1) is 17.5. The van der Waals surface area contributed by atoms with Crippen LogP contribution in [0, 0.1) is 0 Å². The van der Waals surface area contributed by atoms with Crippen LogP contribution in [0.3, 0.4) is 0 Å². The summed E-state index contributed by atoms with van der Waals surface area (Å²) >= 11 is 1.60. The van der Waals surface area contributed by atoms with Gasteiger partial charge in [0.2, 0.25) is 11.8 Å². The fraction of sp³-hybridized carbons (Fsp3) is 0.407. The number of piperazine rings is 1. The Kier molecular flexibility index (Phi) is 8.64. The molecule has 2 heterocycles. The lowest BCUT2D eigenvalue weighted by Gasteiger charge is -2.40. The van der Waals surface area contributed by atoms with Crippen LogP contribution in [-0.2, 0) is 9.59 Å².